The molecule has 0 radical (unpaired) electrons. The molecule has 4 aromatic rings. The Hall–Kier alpha value is -4.18. The molecule has 1 saturated carbocycles. The van der Waals surface area contributed by atoms with Crippen LogP contribution < -0.4 is 5.32 Å². The van der Waals surface area contributed by atoms with Crippen LogP contribution in [0, 0.1) is 0 Å². The SMILES string of the molecule is O=C(NC1CCCCC1)[C@H](Cc1ccccc1)N(Cc1ccccc1)C(=O)CC(c1ccccc1)c1ccccc1. The van der Waals surface area contributed by atoms with Crippen LogP contribution in [0.1, 0.15) is 66.7 Å². The first-order valence-electron chi connectivity index (χ1n) is 14.9. The molecule has 0 spiro atoms. The maximum absolute atomic E-state index is 14.5. The summed E-state index contributed by atoms with van der Waals surface area (Å²) in [5.74, 6) is -0.186. The second-order valence-corrected chi connectivity index (χ2v) is 11.1. The molecule has 2 amide bonds. The Balaban J connectivity index is 1.49. The second-order valence-electron chi connectivity index (χ2n) is 11.1. The molecule has 0 heterocycles. The van der Waals surface area contributed by atoms with E-state index in [1.165, 1.54) is 6.42 Å². The Morgan fingerprint density at radius 1 is 0.659 bits per heavy atom. The second kappa shape index (κ2) is 14.5. The summed E-state index contributed by atoms with van der Waals surface area (Å²) in [6, 6.07) is 40.1. The van der Waals surface area contributed by atoms with Gasteiger partial charge in [0.1, 0.15) is 6.04 Å². The highest BCUT2D eigenvalue weighted by Crippen LogP contribution is 2.30. The Labute approximate surface area is 244 Å². The molecule has 1 N–H and O–H groups in total. The first-order chi connectivity index (χ1) is 20.2. The average Bonchev–Trinajstić information content (AvgIpc) is 3.03. The number of hydrogen-bond donors (Lipinski definition) is 1. The third-order valence-corrected chi connectivity index (χ3v) is 8.20. The summed E-state index contributed by atoms with van der Waals surface area (Å²) in [5, 5.41) is 3.34. The molecule has 0 aliphatic heterocycles. The van der Waals surface area contributed by atoms with E-state index in [2.05, 4.69) is 29.6 Å². The van der Waals surface area contributed by atoms with Crippen LogP contribution in [0.3, 0.4) is 0 Å². The Morgan fingerprint density at radius 2 is 1.15 bits per heavy atom. The predicted octanol–water partition coefficient (Wildman–Crippen LogP) is 7.30. The van der Waals surface area contributed by atoms with E-state index in [9.17, 15) is 9.59 Å². The van der Waals surface area contributed by atoms with E-state index in [1.54, 1.807) is 0 Å². The molecule has 0 aromatic heterocycles. The van der Waals surface area contributed by atoms with Crippen molar-refractivity contribution in [2.75, 3.05) is 0 Å². The van der Waals surface area contributed by atoms with E-state index >= 15 is 0 Å². The molecule has 0 saturated heterocycles. The molecule has 4 aromatic carbocycles. The summed E-state index contributed by atoms with van der Waals surface area (Å²) in [6.45, 7) is 0.381. The number of amides is 2. The fourth-order valence-electron chi connectivity index (χ4n) is 5.97. The summed E-state index contributed by atoms with van der Waals surface area (Å²) in [7, 11) is 0. The molecule has 1 atom stereocenters. The van der Waals surface area contributed by atoms with Gasteiger partial charge in [-0.05, 0) is 35.1 Å². The first-order valence-corrected chi connectivity index (χ1v) is 14.9. The van der Waals surface area contributed by atoms with Gasteiger partial charge in [-0.1, -0.05) is 141 Å². The van der Waals surface area contributed by atoms with Crippen LogP contribution in [0.25, 0.3) is 0 Å². The number of nitrogens with one attached hydrogen (secondary N) is 1. The van der Waals surface area contributed by atoms with Crippen molar-refractivity contribution in [2.45, 2.75) is 69.5 Å². The highest BCUT2D eigenvalue weighted by Gasteiger charge is 2.33. The zero-order valence-corrected chi connectivity index (χ0v) is 23.7. The van der Waals surface area contributed by atoms with Gasteiger partial charge in [0.05, 0.1) is 0 Å². The summed E-state index contributed by atoms with van der Waals surface area (Å²) in [6.07, 6.45) is 6.25. The highest BCUT2D eigenvalue weighted by atomic mass is 16.2. The number of hydrogen-bond acceptors (Lipinski definition) is 2. The molecule has 4 nitrogen and oxygen atoms in total. The van der Waals surface area contributed by atoms with Crippen molar-refractivity contribution in [3.63, 3.8) is 0 Å². The Bertz CT molecular complexity index is 1310. The number of rotatable bonds is 11. The van der Waals surface area contributed by atoms with Crippen LogP contribution in [-0.4, -0.2) is 28.8 Å². The largest absolute Gasteiger partial charge is 0.352 e. The molecule has 1 aliphatic carbocycles. The summed E-state index contributed by atoms with van der Waals surface area (Å²) in [5.41, 5.74) is 4.25. The molecule has 0 unspecified atom stereocenters. The minimum atomic E-state index is -0.612. The van der Waals surface area contributed by atoms with E-state index in [-0.39, 0.29) is 30.2 Å². The number of benzene rings is 4. The lowest BCUT2D eigenvalue weighted by Crippen LogP contribution is -2.53. The summed E-state index contributed by atoms with van der Waals surface area (Å²) in [4.78, 5) is 30.4. The molecule has 210 valence electrons. The van der Waals surface area contributed by atoms with Gasteiger partial charge in [-0.3, -0.25) is 9.59 Å². The van der Waals surface area contributed by atoms with Crippen LogP contribution >= 0.6 is 0 Å². The van der Waals surface area contributed by atoms with Gasteiger partial charge in [-0.25, -0.2) is 0 Å². The van der Waals surface area contributed by atoms with Crippen LogP contribution in [0.5, 0.6) is 0 Å². The van der Waals surface area contributed by atoms with Gasteiger partial charge >= 0.3 is 0 Å². The topological polar surface area (TPSA) is 49.4 Å². The lowest BCUT2D eigenvalue weighted by atomic mass is 9.87. The van der Waals surface area contributed by atoms with E-state index < -0.39 is 6.04 Å². The van der Waals surface area contributed by atoms with E-state index in [1.807, 2.05) is 102 Å². The molecule has 1 fully saturated rings. The fraction of sp³-hybridized carbons (Fsp3) is 0.297. The number of nitrogens with zero attached hydrogens (tertiary/aromatic N) is 1. The van der Waals surface area contributed by atoms with Crippen LogP contribution in [0.4, 0.5) is 0 Å². The third kappa shape index (κ3) is 7.94. The monoisotopic (exact) mass is 544 g/mol. The lowest BCUT2D eigenvalue weighted by molar-refractivity contribution is -0.141. The van der Waals surface area contributed by atoms with Gasteiger partial charge < -0.3 is 10.2 Å². The van der Waals surface area contributed by atoms with Crippen molar-refractivity contribution < 1.29 is 9.59 Å². The standard InChI is InChI=1S/C37H40N2O2/c40-36(27-34(31-20-10-3-11-21-31)32-22-12-4-13-23-32)39(28-30-18-8-2-9-19-30)35(26-29-16-6-1-7-17-29)37(41)38-33-24-14-5-15-25-33/h1-4,6-13,16-23,33-35H,5,14-15,24-28H2,(H,38,41)/t35-/m0/s1. The molecular weight excluding hydrogens is 504 g/mol. The van der Waals surface area contributed by atoms with Crippen molar-refractivity contribution in [1.29, 1.82) is 0 Å². The minimum absolute atomic E-state index is 0.0220. The van der Waals surface area contributed by atoms with Gasteiger partial charge in [-0.15, -0.1) is 0 Å². The molecule has 41 heavy (non-hydrogen) atoms. The number of carbonyl (C=O) groups excluding carboxylic acids is 2. The van der Waals surface area contributed by atoms with Crippen molar-refractivity contribution >= 4 is 11.8 Å². The van der Waals surface area contributed by atoms with Crippen LogP contribution in [-0.2, 0) is 22.6 Å². The van der Waals surface area contributed by atoms with E-state index in [0.29, 0.717) is 13.0 Å². The van der Waals surface area contributed by atoms with Crippen molar-refractivity contribution in [3.8, 4) is 0 Å². The Kier molecular flexibility index (Phi) is 9.99. The maximum Gasteiger partial charge on any atom is 0.243 e. The summed E-state index contributed by atoms with van der Waals surface area (Å²) < 4.78 is 0. The van der Waals surface area contributed by atoms with Crippen molar-refractivity contribution in [2.24, 2.45) is 0 Å². The molecule has 1 aliphatic rings. The maximum atomic E-state index is 14.5. The third-order valence-electron chi connectivity index (χ3n) is 8.20. The van der Waals surface area contributed by atoms with Gasteiger partial charge in [0, 0.05) is 31.3 Å². The molecule has 4 heteroatoms. The smallest absolute Gasteiger partial charge is 0.243 e. The fourth-order valence-corrected chi connectivity index (χ4v) is 5.97. The minimum Gasteiger partial charge on any atom is -0.352 e. The van der Waals surface area contributed by atoms with Crippen LogP contribution in [0.2, 0.25) is 0 Å². The van der Waals surface area contributed by atoms with Gasteiger partial charge in [0.2, 0.25) is 11.8 Å². The zero-order valence-electron chi connectivity index (χ0n) is 23.7. The highest BCUT2D eigenvalue weighted by molar-refractivity contribution is 5.88. The normalized spacial score (nSPS) is 14.4. The van der Waals surface area contributed by atoms with Crippen molar-refractivity contribution in [1.82, 2.24) is 10.2 Å². The molecular formula is C37H40N2O2. The van der Waals surface area contributed by atoms with E-state index in [0.717, 1.165) is 47.9 Å². The predicted molar refractivity (Wildman–Crippen MR) is 165 cm³/mol. The quantitative estimate of drug-likeness (QED) is 0.215. The first kappa shape index (κ1) is 28.4. The number of carbonyl (C=O) groups is 2. The average molecular weight is 545 g/mol. The molecule has 0 bridgehead atoms. The van der Waals surface area contributed by atoms with Gasteiger partial charge in [0.25, 0.3) is 0 Å². The van der Waals surface area contributed by atoms with Crippen molar-refractivity contribution in [3.05, 3.63) is 144 Å². The van der Waals surface area contributed by atoms with Crippen LogP contribution in [0.15, 0.2) is 121 Å². The summed E-state index contributed by atoms with van der Waals surface area (Å²) >= 11 is 0. The Morgan fingerprint density at radius 3 is 1.68 bits per heavy atom. The van der Waals surface area contributed by atoms with E-state index in [4.69, 9.17) is 0 Å². The van der Waals surface area contributed by atoms with Gasteiger partial charge in [-0.2, -0.15) is 0 Å². The zero-order chi connectivity index (χ0) is 28.3. The van der Waals surface area contributed by atoms with Gasteiger partial charge in [0.15, 0.2) is 0 Å². The molecule has 5 rings (SSSR count). The lowest BCUT2D eigenvalue weighted by Gasteiger charge is -2.34.